The minimum atomic E-state index is -1.45. The Balaban J connectivity index is 2.51. The summed E-state index contributed by atoms with van der Waals surface area (Å²) in [6, 6.07) is 0. The fraction of sp³-hybridized carbons (Fsp3) is 1.00. The molecule has 0 radical (unpaired) electrons. The summed E-state index contributed by atoms with van der Waals surface area (Å²) in [7, 11) is 0. The molecule has 4 N–H and O–H groups in total. The van der Waals surface area contributed by atoms with Gasteiger partial charge in [-0.15, -0.1) is 0 Å². The first kappa shape index (κ1) is 12.8. The molecule has 0 aromatic heterocycles. The molecule has 0 bridgehead atoms. The Bertz CT molecular complexity index is 207. The molecule has 1 aliphatic heterocycles. The molecule has 0 aromatic carbocycles. The van der Waals surface area contributed by atoms with Gasteiger partial charge in [-0.05, 0) is 13.8 Å². The monoisotopic (exact) mass is 222 g/mol. The number of ether oxygens (including phenoxy) is 2. The SMILES string of the molecule is CC1(C)OC[C@H]([C@@H](O)[C@H](O)[C@@H](O)CO)O1. The Morgan fingerprint density at radius 1 is 1.33 bits per heavy atom. The van der Waals surface area contributed by atoms with Crippen molar-refractivity contribution in [2.24, 2.45) is 0 Å². The fourth-order valence-electron chi connectivity index (χ4n) is 1.44. The quantitative estimate of drug-likeness (QED) is 0.448. The van der Waals surface area contributed by atoms with Crippen LogP contribution in [0.5, 0.6) is 0 Å². The number of aliphatic hydroxyl groups is 4. The van der Waals surface area contributed by atoms with Crippen molar-refractivity contribution in [1.82, 2.24) is 0 Å². The molecule has 1 aliphatic rings. The molecule has 1 rings (SSSR count). The Hall–Kier alpha value is -0.240. The van der Waals surface area contributed by atoms with Gasteiger partial charge in [0.15, 0.2) is 5.79 Å². The molecule has 6 nitrogen and oxygen atoms in total. The molecular formula is C9H18O6. The van der Waals surface area contributed by atoms with Crippen molar-refractivity contribution >= 4 is 0 Å². The largest absolute Gasteiger partial charge is 0.394 e. The van der Waals surface area contributed by atoms with Gasteiger partial charge in [-0.2, -0.15) is 0 Å². The summed E-state index contributed by atoms with van der Waals surface area (Å²) in [5, 5.41) is 36.8. The van der Waals surface area contributed by atoms with Crippen LogP contribution in [-0.2, 0) is 9.47 Å². The molecule has 15 heavy (non-hydrogen) atoms. The summed E-state index contributed by atoms with van der Waals surface area (Å²) < 4.78 is 10.5. The van der Waals surface area contributed by atoms with Crippen molar-refractivity contribution in [3.8, 4) is 0 Å². The lowest BCUT2D eigenvalue weighted by molar-refractivity contribution is -0.170. The average molecular weight is 222 g/mol. The van der Waals surface area contributed by atoms with Gasteiger partial charge in [0.1, 0.15) is 24.4 Å². The van der Waals surface area contributed by atoms with E-state index < -0.39 is 36.8 Å². The third kappa shape index (κ3) is 3.10. The van der Waals surface area contributed by atoms with Gasteiger partial charge in [-0.3, -0.25) is 0 Å². The van der Waals surface area contributed by atoms with Crippen molar-refractivity contribution in [3.05, 3.63) is 0 Å². The van der Waals surface area contributed by atoms with Crippen LogP contribution in [0.25, 0.3) is 0 Å². The normalized spacial score (nSPS) is 31.2. The predicted octanol–water partition coefficient (Wildman–Crippen LogP) is -1.79. The first-order valence-electron chi connectivity index (χ1n) is 4.84. The second-order valence-corrected chi connectivity index (χ2v) is 4.10. The highest BCUT2D eigenvalue weighted by Crippen LogP contribution is 2.25. The first-order chi connectivity index (χ1) is 6.87. The lowest BCUT2D eigenvalue weighted by Crippen LogP contribution is -2.47. The van der Waals surface area contributed by atoms with E-state index in [9.17, 15) is 10.2 Å². The van der Waals surface area contributed by atoms with Gasteiger partial charge >= 0.3 is 0 Å². The van der Waals surface area contributed by atoms with Crippen LogP contribution in [0.2, 0.25) is 0 Å². The number of rotatable bonds is 4. The smallest absolute Gasteiger partial charge is 0.163 e. The Kier molecular flexibility index (Phi) is 4.05. The summed E-state index contributed by atoms with van der Waals surface area (Å²) >= 11 is 0. The van der Waals surface area contributed by atoms with E-state index in [2.05, 4.69) is 0 Å². The van der Waals surface area contributed by atoms with Crippen LogP contribution in [-0.4, -0.2) is 63.8 Å². The van der Waals surface area contributed by atoms with Crippen molar-refractivity contribution in [3.63, 3.8) is 0 Å². The Morgan fingerprint density at radius 2 is 1.93 bits per heavy atom. The minimum absolute atomic E-state index is 0.142. The van der Waals surface area contributed by atoms with E-state index in [4.69, 9.17) is 19.7 Å². The third-order valence-corrected chi connectivity index (χ3v) is 2.34. The summed E-state index contributed by atoms with van der Waals surface area (Å²) in [4.78, 5) is 0. The van der Waals surface area contributed by atoms with Crippen molar-refractivity contribution in [2.45, 2.75) is 44.1 Å². The van der Waals surface area contributed by atoms with Gasteiger partial charge in [0.2, 0.25) is 0 Å². The van der Waals surface area contributed by atoms with Crippen molar-refractivity contribution < 1.29 is 29.9 Å². The van der Waals surface area contributed by atoms with Crippen molar-refractivity contribution in [2.75, 3.05) is 13.2 Å². The van der Waals surface area contributed by atoms with E-state index >= 15 is 0 Å². The molecule has 0 aromatic rings. The van der Waals surface area contributed by atoms with Gasteiger partial charge in [-0.1, -0.05) is 0 Å². The molecule has 6 heteroatoms. The molecular weight excluding hydrogens is 204 g/mol. The average Bonchev–Trinajstić information content (AvgIpc) is 2.55. The molecule has 1 heterocycles. The second-order valence-electron chi connectivity index (χ2n) is 4.10. The summed E-state index contributed by atoms with van der Waals surface area (Å²) in [5.41, 5.74) is 0. The van der Waals surface area contributed by atoms with Crippen LogP contribution < -0.4 is 0 Å². The molecule has 0 unspecified atom stereocenters. The number of hydrogen-bond acceptors (Lipinski definition) is 6. The molecule has 1 saturated heterocycles. The van der Waals surface area contributed by atoms with Crippen LogP contribution in [0.3, 0.4) is 0 Å². The van der Waals surface area contributed by atoms with E-state index in [-0.39, 0.29) is 6.61 Å². The standard InChI is InChI=1S/C9H18O6/c1-9(2)14-4-6(15-9)8(13)7(12)5(11)3-10/h5-8,10-13H,3-4H2,1-2H3/t5-,6+,7+,8+/m0/s1. The maximum absolute atomic E-state index is 9.63. The van der Waals surface area contributed by atoms with Gasteiger partial charge < -0.3 is 29.9 Å². The molecule has 4 atom stereocenters. The van der Waals surface area contributed by atoms with E-state index in [1.807, 2.05) is 0 Å². The topological polar surface area (TPSA) is 99.4 Å². The maximum atomic E-state index is 9.63. The molecule has 1 fully saturated rings. The summed E-state index contributed by atoms with van der Waals surface area (Å²) in [5.74, 6) is -0.796. The number of aliphatic hydroxyl groups excluding tert-OH is 4. The molecule has 0 saturated carbocycles. The summed E-state index contributed by atoms with van der Waals surface area (Å²) in [6.07, 6.45) is -4.81. The molecule has 90 valence electrons. The van der Waals surface area contributed by atoms with Gasteiger partial charge in [-0.25, -0.2) is 0 Å². The van der Waals surface area contributed by atoms with Gasteiger partial charge in [0.05, 0.1) is 13.2 Å². The lowest BCUT2D eigenvalue weighted by atomic mass is 10.0. The second kappa shape index (κ2) is 4.73. The predicted molar refractivity (Wildman–Crippen MR) is 50.0 cm³/mol. The van der Waals surface area contributed by atoms with Crippen LogP contribution >= 0.6 is 0 Å². The minimum Gasteiger partial charge on any atom is -0.394 e. The molecule has 0 amide bonds. The Morgan fingerprint density at radius 3 is 2.33 bits per heavy atom. The van der Waals surface area contributed by atoms with E-state index in [0.29, 0.717) is 0 Å². The zero-order valence-electron chi connectivity index (χ0n) is 8.83. The maximum Gasteiger partial charge on any atom is 0.163 e. The van der Waals surface area contributed by atoms with Crippen molar-refractivity contribution in [1.29, 1.82) is 0 Å². The highest BCUT2D eigenvalue weighted by atomic mass is 16.7. The van der Waals surface area contributed by atoms with Gasteiger partial charge in [0, 0.05) is 0 Å². The fourth-order valence-corrected chi connectivity index (χ4v) is 1.44. The van der Waals surface area contributed by atoms with E-state index in [0.717, 1.165) is 0 Å². The third-order valence-electron chi connectivity index (χ3n) is 2.34. The molecule has 0 spiro atoms. The highest BCUT2D eigenvalue weighted by Gasteiger charge is 2.40. The van der Waals surface area contributed by atoms with Crippen LogP contribution in [0, 0.1) is 0 Å². The Labute approximate surface area is 88.1 Å². The summed E-state index contributed by atoms with van der Waals surface area (Å²) in [6.45, 7) is 2.90. The van der Waals surface area contributed by atoms with Crippen LogP contribution in [0.4, 0.5) is 0 Å². The zero-order valence-corrected chi connectivity index (χ0v) is 8.83. The lowest BCUT2D eigenvalue weighted by Gasteiger charge is -2.26. The van der Waals surface area contributed by atoms with Crippen LogP contribution in [0.15, 0.2) is 0 Å². The number of hydrogen-bond donors (Lipinski definition) is 4. The van der Waals surface area contributed by atoms with E-state index in [1.54, 1.807) is 13.8 Å². The van der Waals surface area contributed by atoms with Gasteiger partial charge in [0.25, 0.3) is 0 Å². The molecule has 0 aliphatic carbocycles. The van der Waals surface area contributed by atoms with Crippen LogP contribution in [0.1, 0.15) is 13.8 Å². The zero-order chi connectivity index (χ0) is 11.6. The van der Waals surface area contributed by atoms with E-state index in [1.165, 1.54) is 0 Å². The first-order valence-corrected chi connectivity index (χ1v) is 4.84. The highest BCUT2D eigenvalue weighted by molar-refractivity contribution is 4.85.